The van der Waals surface area contributed by atoms with Crippen molar-refractivity contribution in [3.63, 3.8) is 0 Å². The van der Waals surface area contributed by atoms with E-state index in [1.807, 2.05) is 7.05 Å². The van der Waals surface area contributed by atoms with Crippen LogP contribution in [0.2, 0.25) is 0 Å². The van der Waals surface area contributed by atoms with Crippen molar-refractivity contribution in [3.05, 3.63) is 29.3 Å². The third-order valence-corrected chi connectivity index (χ3v) is 3.68. The summed E-state index contributed by atoms with van der Waals surface area (Å²) in [4.78, 5) is 2.55. The van der Waals surface area contributed by atoms with E-state index in [2.05, 4.69) is 42.3 Å². The largest absolute Gasteiger partial charge is 0.371 e. The summed E-state index contributed by atoms with van der Waals surface area (Å²) in [6.07, 6.45) is 2.48. The summed E-state index contributed by atoms with van der Waals surface area (Å²) in [5.74, 6) is 0.730. The normalized spacial score (nSPS) is 18.5. The zero-order valence-corrected chi connectivity index (χ0v) is 11.3. The van der Waals surface area contributed by atoms with Crippen molar-refractivity contribution >= 4 is 5.69 Å². The van der Waals surface area contributed by atoms with Crippen molar-refractivity contribution in [2.75, 3.05) is 25.0 Å². The Bertz CT molecular complexity index is 373. The lowest BCUT2D eigenvalue weighted by molar-refractivity contribution is 0.666. The molecular formula is C15H24N2. The molecule has 1 heterocycles. The second kappa shape index (κ2) is 5.54. The number of hydrogen-bond donors (Lipinski definition) is 1. The van der Waals surface area contributed by atoms with Gasteiger partial charge in [0.05, 0.1) is 0 Å². The van der Waals surface area contributed by atoms with Crippen LogP contribution in [0.4, 0.5) is 5.69 Å². The monoisotopic (exact) mass is 232 g/mol. The molecule has 0 radical (unpaired) electrons. The third-order valence-electron chi connectivity index (χ3n) is 3.68. The van der Waals surface area contributed by atoms with Gasteiger partial charge in [-0.3, -0.25) is 0 Å². The Hall–Kier alpha value is -1.02. The molecule has 0 spiro atoms. The number of anilines is 1. The van der Waals surface area contributed by atoms with Gasteiger partial charge in [0.15, 0.2) is 0 Å². The minimum Gasteiger partial charge on any atom is -0.371 e. The standard InChI is InChI=1S/C15H24N2/c1-4-8-17-11-13(5-2)14-9-12(10-16-3)6-7-15(14)17/h6-7,9,13,16H,4-5,8,10-11H2,1-3H3. The van der Waals surface area contributed by atoms with E-state index in [1.54, 1.807) is 5.56 Å². The first kappa shape index (κ1) is 12.4. The minimum atomic E-state index is 0.730. The molecule has 0 amide bonds. The summed E-state index contributed by atoms with van der Waals surface area (Å²) in [7, 11) is 2.01. The van der Waals surface area contributed by atoms with E-state index in [4.69, 9.17) is 0 Å². The van der Waals surface area contributed by atoms with E-state index < -0.39 is 0 Å². The van der Waals surface area contributed by atoms with Gasteiger partial charge in [0.25, 0.3) is 0 Å². The van der Waals surface area contributed by atoms with E-state index in [9.17, 15) is 0 Å². The van der Waals surface area contributed by atoms with Crippen LogP contribution in [0.1, 0.15) is 43.7 Å². The van der Waals surface area contributed by atoms with Gasteiger partial charge in [0, 0.05) is 31.2 Å². The van der Waals surface area contributed by atoms with Crippen LogP contribution in [-0.4, -0.2) is 20.1 Å². The molecule has 1 N–H and O–H groups in total. The first-order valence-corrected chi connectivity index (χ1v) is 6.82. The van der Waals surface area contributed by atoms with Gasteiger partial charge in [-0.25, -0.2) is 0 Å². The number of nitrogens with zero attached hydrogens (tertiary/aromatic N) is 1. The van der Waals surface area contributed by atoms with Gasteiger partial charge in [0.2, 0.25) is 0 Å². The molecule has 0 aliphatic carbocycles. The van der Waals surface area contributed by atoms with Gasteiger partial charge in [-0.2, -0.15) is 0 Å². The molecule has 1 aliphatic rings. The molecular weight excluding hydrogens is 208 g/mol. The second-order valence-corrected chi connectivity index (χ2v) is 4.97. The van der Waals surface area contributed by atoms with Crippen molar-refractivity contribution in [3.8, 4) is 0 Å². The number of hydrogen-bond acceptors (Lipinski definition) is 2. The van der Waals surface area contributed by atoms with E-state index in [1.165, 1.54) is 37.2 Å². The maximum Gasteiger partial charge on any atom is 0.0402 e. The number of fused-ring (bicyclic) bond motifs is 1. The highest BCUT2D eigenvalue weighted by Gasteiger charge is 2.26. The van der Waals surface area contributed by atoms with Gasteiger partial charge in [0.1, 0.15) is 0 Å². The lowest BCUT2D eigenvalue weighted by atomic mass is 9.97. The van der Waals surface area contributed by atoms with Crippen LogP contribution in [-0.2, 0) is 6.54 Å². The Labute approximate surface area is 105 Å². The SMILES string of the molecule is CCCN1CC(CC)c2cc(CNC)ccc21. The fourth-order valence-electron chi connectivity index (χ4n) is 2.83. The molecule has 17 heavy (non-hydrogen) atoms. The van der Waals surface area contributed by atoms with Gasteiger partial charge >= 0.3 is 0 Å². The van der Waals surface area contributed by atoms with Crippen LogP contribution in [0, 0.1) is 0 Å². The van der Waals surface area contributed by atoms with Gasteiger partial charge in [-0.05, 0) is 37.1 Å². The maximum atomic E-state index is 3.23. The molecule has 1 aromatic carbocycles. The first-order chi connectivity index (χ1) is 8.30. The van der Waals surface area contributed by atoms with Gasteiger partial charge in [-0.15, -0.1) is 0 Å². The van der Waals surface area contributed by atoms with Crippen LogP contribution < -0.4 is 10.2 Å². The fraction of sp³-hybridized carbons (Fsp3) is 0.600. The molecule has 1 unspecified atom stereocenters. The second-order valence-electron chi connectivity index (χ2n) is 4.97. The van der Waals surface area contributed by atoms with Crippen LogP contribution in [0.3, 0.4) is 0 Å². The topological polar surface area (TPSA) is 15.3 Å². The lowest BCUT2D eigenvalue weighted by Gasteiger charge is -2.18. The van der Waals surface area contributed by atoms with Crippen molar-refractivity contribution < 1.29 is 0 Å². The van der Waals surface area contributed by atoms with Gasteiger partial charge < -0.3 is 10.2 Å². The predicted octanol–water partition coefficient (Wildman–Crippen LogP) is 3.13. The summed E-state index contributed by atoms with van der Waals surface area (Å²) in [6, 6.07) is 6.97. The Morgan fingerprint density at radius 1 is 1.35 bits per heavy atom. The molecule has 1 aliphatic heterocycles. The summed E-state index contributed by atoms with van der Waals surface area (Å²) in [5.41, 5.74) is 4.44. The van der Waals surface area contributed by atoms with Crippen LogP contribution in [0.15, 0.2) is 18.2 Å². The number of rotatable bonds is 5. The summed E-state index contributed by atoms with van der Waals surface area (Å²) >= 11 is 0. The van der Waals surface area contributed by atoms with Gasteiger partial charge in [-0.1, -0.05) is 26.0 Å². The molecule has 1 atom stereocenters. The molecule has 0 saturated heterocycles. The van der Waals surface area contributed by atoms with E-state index in [0.29, 0.717) is 0 Å². The zero-order valence-electron chi connectivity index (χ0n) is 11.3. The zero-order chi connectivity index (χ0) is 12.3. The summed E-state index contributed by atoms with van der Waals surface area (Å²) < 4.78 is 0. The summed E-state index contributed by atoms with van der Waals surface area (Å²) in [6.45, 7) is 7.93. The highest BCUT2D eigenvalue weighted by Crippen LogP contribution is 2.38. The van der Waals surface area contributed by atoms with Crippen LogP contribution in [0.25, 0.3) is 0 Å². The Morgan fingerprint density at radius 3 is 2.82 bits per heavy atom. The fourth-order valence-corrected chi connectivity index (χ4v) is 2.83. The molecule has 2 rings (SSSR count). The highest BCUT2D eigenvalue weighted by molar-refractivity contribution is 5.61. The van der Waals surface area contributed by atoms with E-state index in [-0.39, 0.29) is 0 Å². The molecule has 0 saturated carbocycles. The number of benzene rings is 1. The predicted molar refractivity (Wildman–Crippen MR) is 74.7 cm³/mol. The lowest BCUT2D eigenvalue weighted by Crippen LogP contribution is -2.22. The number of nitrogens with one attached hydrogen (secondary N) is 1. The highest BCUT2D eigenvalue weighted by atomic mass is 15.1. The maximum absolute atomic E-state index is 3.23. The molecule has 0 bridgehead atoms. The Balaban J connectivity index is 2.28. The van der Waals surface area contributed by atoms with Crippen LogP contribution in [0.5, 0.6) is 0 Å². The molecule has 2 nitrogen and oxygen atoms in total. The van der Waals surface area contributed by atoms with Crippen LogP contribution >= 0.6 is 0 Å². The minimum absolute atomic E-state index is 0.730. The van der Waals surface area contributed by atoms with Crippen molar-refractivity contribution in [2.45, 2.75) is 39.2 Å². The first-order valence-electron chi connectivity index (χ1n) is 6.82. The molecule has 0 aromatic heterocycles. The molecule has 1 aromatic rings. The quantitative estimate of drug-likeness (QED) is 0.839. The van der Waals surface area contributed by atoms with Crippen molar-refractivity contribution in [1.82, 2.24) is 5.32 Å². The summed E-state index contributed by atoms with van der Waals surface area (Å²) in [5, 5.41) is 3.23. The van der Waals surface area contributed by atoms with Crippen molar-refractivity contribution in [2.24, 2.45) is 0 Å². The van der Waals surface area contributed by atoms with Crippen molar-refractivity contribution in [1.29, 1.82) is 0 Å². The third kappa shape index (κ3) is 2.47. The molecule has 94 valence electrons. The van der Waals surface area contributed by atoms with E-state index in [0.717, 1.165) is 12.5 Å². The smallest absolute Gasteiger partial charge is 0.0402 e. The Morgan fingerprint density at radius 2 is 2.18 bits per heavy atom. The molecule has 2 heteroatoms. The van der Waals surface area contributed by atoms with E-state index >= 15 is 0 Å². The molecule has 0 fully saturated rings. The Kier molecular flexibility index (Phi) is 4.06. The average molecular weight is 232 g/mol. The average Bonchev–Trinajstić information content (AvgIpc) is 2.68.